The molecule has 0 aliphatic rings. The van der Waals surface area contributed by atoms with Gasteiger partial charge >= 0.3 is 6.09 Å². The molecule has 3 aromatic rings. The summed E-state index contributed by atoms with van der Waals surface area (Å²) in [5.41, 5.74) is 2.03. The highest BCUT2D eigenvalue weighted by Crippen LogP contribution is 2.17. The highest BCUT2D eigenvalue weighted by molar-refractivity contribution is 6.04. The van der Waals surface area contributed by atoms with Gasteiger partial charge in [0.25, 0.3) is 5.91 Å². The van der Waals surface area contributed by atoms with Crippen molar-refractivity contribution in [2.75, 3.05) is 31.6 Å². The van der Waals surface area contributed by atoms with Crippen LogP contribution in [0.5, 0.6) is 0 Å². The first kappa shape index (κ1) is 22.5. The van der Waals surface area contributed by atoms with Crippen LogP contribution in [0.25, 0.3) is 17.1 Å². The third kappa shape index (κ3) is 5.92. The van der Waals surface area contributed by atoms with E-state index in [-0.39, 0.29) is 18.9 Å². The summed E-state index contributed by atoms with van der Waals surface area (Å²) in [5, 5.41) is 16.4. The number of hydrogen-bond acceptors (Lipinski definition) is 6. The second-order valence-corrected chi connectivity index (χ2v) is 6.97. The molecule has 0 radical (unpaired) electrons. The van der Waals surface area contributed by atoms with Gasteiger partial charge in [-0.05, 0) is 36.8 Å². The first-order valence-corrected chi connectivity index (χ1v) is 10.2. The molecule has 32 heavy (non-hydrogen) atoms. The SMILES string of the molecule is CN(CCC#N)C(=O)OCCCN(C(=O)/C=C/c1[nH]nc2ncccc12)c1ccccc1. The molecule has 0 atom stereocenters. The average Bonchev–Trinajstić information content (AvgIpc) is 3.24. The number of amides is 2. The largest absolute Gasteiger partial charge is 0.449 e. The third-order valence-electron chi connectivity index (χ3n) is 4.71. The number of hydrogen-bond donors (Lipinski definition) is 1. The van der Waals surface area contributed by atoms with Crippen LogP contribution in [0.1, 0.15) is 18.5 Å². The second-order valence-electron chi connectivity index (χ2n) is 6.97. The van der Waals surface area contributed by atoms with Crippen molar-refractivity contribution in [1.29, 1.82) is 5.26 Å². The fraction of sp³-hybridized carbons (Fsp3) is 0.261. The van der Waals surface area contributed by atoms with Gasteiger partial charge in [-0.3, -0.25) is 9.89 Å². The Kier molecular flexibility index (Phi) is 7.92. The minimum absolute atomic E-state index is 0.160. The number of aromatic nitrogens is 3. The smallest absolute Gasteiger partial charge is 0.409 e. The van der Waals surface area contributed by atoms with E-state index in [1.807, 2.05) is 48.5 Å². The Morgan fingerprint density at radius 2 is 2.00 bits per heavy atom. The number of anilines is 1. The fourth-order valence-corrected chi connectivity index (χ4v) is 3.02. The number of nitriles is 1. The summed E-state index contributed by atoms with van der Waals surface area (Å²) in [4.78, 5) is 32.1. The molecule has 9 heteroatoms. The van der Waals surface area contributed by atoms with Crippen LogP contribution in [0.15, 0.2) is 54.7 Å². The first-order valence-electron chi connectivity index (χ1n) is 10.2. The quantitative estimate of drug-likeness (QED) is 0.409. The molecule has 1 N–H and O–H groups in total. The summed E-state index contributed by atoms with van der Waals surface area (Å²) in [6.07, 6.45) is 5.04. The number of para-hydroxylation sites is 1. The van der Waals surface area contributed by atoms with E-state index >= 15 is 0 Å². The zero-order valence-corrected chi connectivity index (χ0v) is 17.8. The Balaban J connectivity index is 1.62. The lowest BCUT2D eigenvalue weighted by Gasteiger charge is -2.22. The molecule has 2 heterocycles. The molecule has 0 saturated heterocycles. The predicted octanol–water partition coefficient (Wildman–Crippen LogP) is 3.38. The van der Waals surface area contributed by atoms with E-state index in [1.54, 1.807) is 24.2 Å². The molecule has 3 rings (SSSR count). The molecular weight excluding hydrogens is 408 g/mol. The van der Waals surface area contributed by atoms with E-state index in [9.17, 15) is 9.59 Å². The Hall–Kier alpha value is -4.19. The average molecular weight is 432 g/mol. The lowest BCUT2D eigenvalue weighted by molar-refractivity contribution is -0.114. The normalized spacial score (nSPS) is 10.8. The topological polar surface area (TPSA) is 115 Å². The van der Waals surface area contributed by atoms with Crippen molar-refractivity contribution in [3.05, 3.63) is 60.4 Å². The van der Waals surface area contributed by atoms with Crippen molar-refractivity contribution in [2.24, 2.45) is 0 Å². The number of aromatic amines is 1. The van der Waals surface area contributed by atoms with Crippen LogP contribution < -0.4 is 4.90 Å². The van der Waals surface area contributed by atoms with Crippen LogP contribution in [-0.2, 0) is 9.53 Å². The lowest BCUT2D eigenvalue weighted by atomic mass is 10.2. The predicted molar refractivity (Wildman–Crippen MR) is 121 cm³/mol. The van der Waals surface area contributed by atoms with Crippen LogP contribution in [0, 0.1) is 11.3 Å². The van der Waals surface area contributed by atoms with Crippen LogP contribution in [0.3, 0.4) is 0 Å². The Morgan fingerprint density at radius 1 is 1.19 bits per heavy atom. The molecule has 0 unspecified atom stereocenters. The van der Waals surface area contributed by atoms with E-state index in [2.05, 4.69) is 15.2 Å². The molecule has 0 aliphatic carbocycles. The van der Waals surface area contributed by atoms with Crippen molar-refractivity contribution in [2.45, 2.75) is 12.8 Å². The monoisotopic (exact) mass is 432 g/mol. The molecule has 0 bridgehead atoms. The van der Waals surface area contributed by atoms with Crippen molar-refractivity contribution < 1.29 is 14.3 Å². The molecule has 164 valence electrons. The van der Waals surface area contributed by atoms with Crippen molar-refractivity contribution in [3.63, 3.8) is 0 Å². The zero-order valence-electron chi connectivity index (χ0n) is 17.8. The van der Waals surface area contributed by atoms with Gasteiger partial charge < -0.3 is 14.5 Å². The summed E-state index contributed by atoms with van der Waals surface area (Å²) in [6.45, 7) is 0.840. The Labute approximate surface area is 185 Å². The van der Waals surface area contributed by atoms with E-state index in [1.165, 1.54) is 11.0 Å². The standard InChI is InChI=1S/C23H24N6O3/c1-28(15-6-13-24)23(31)32-17-7-16-29(18-8-3-2-4-9-18)21(30)12-11-20-19-10-5-14-25-22(19)27-26-20/h2-5,8-12,14H,6-7,15-17H2,1H3,(H,25,26,27)/b12-11+. The zero-order chi connectivity index (χ0) is 22.8. The van der Waals surface area contributed by atoms with E-state index < -0.39 is 6.09 Å². The summed E-state index contributed by atoms with van der Waals surface area (Å²) in [5.74, 6) is -0.208. The van der Waals surface area contributed by atoms with Crippen LogP contribution >= 0.6 is 0 Å². The minimum Gasteiger partial charge on any atom is -0.449 e. The Bertz CT molecular complexity index is 1120. The van der Waals surface area contributed by atoms with Crippen LogP contribution in [-0.4, -0.2) is 58.8 Å². The van der Waals surface area contributed by atoms with E-state index in [0.717, 1.165) is 11.1 Å². The number of H-pyrrole nitrogens is 1. The number of carbonyl (C=O) groups excluding carboxylic acids is 2. The first-order chi connectivity index (χ1) is 15.6. The van der Waals surface area contributed by atoms with Gasteiger partial charge in [0, 0.05) is 43.5 Å². The van der Waals surface area contributed by atoms with Gasteiger partial charge in [-0.15, -0.1) is 0 Å². The molecular formula is C23H24N6O3. The summed E-state index contributed by atoms with van der Waals surface area (Å²) in [6, 6.07) is 15.0. The number of nitrogens with zero attached hydrogens (tertiary/aromatic N) is 5. The van der Waals surface area contributed by atoms with E-state index in [0.29, 0.717) is 30.9 Å². The van der Waals surface area contributed by atoms with Gasteiger partial charge in [-0.1, -0.05) is 18.2 Å². The molecule has 2 amide bonds. The molecule has 0 fully saturated rings. The fourth-order valence-electron chi connectivity index (χ4n) is 3.02. The lowest BCUT2D eigenvalue weighted by Crippen LogP contribution is -2.32. The molecule has 0 saturated carbocycles. The van der Waals surface area contributed by atoms with Crippen molar-refractivity contribution in [3.8, 4) is 6.07 Å². The maximum Gasteiger partial charge on any atom is 0.409 e. The van der Waals surface area contributed by atoms with Gasteiger partial charge in [0.1, 0.15) is 0 Å². The number of fused-ring (bicyclic) bond motifs is 1. The number of nitrogens with one attached hydrogen (secondary N) is 1. The number of carbonyl (C=O) groups is 2. The number of benzene rings is 1. The van der Waals surface area contributed by atoms with Gasteiger partial charge in [0.2, 0.25) is 0 Å². The molecule has 9 nitrogen and oxygen atoms in total. The summed E-state index contributed by atoms with van der Waals surface area (Å²) in [7, 11) is 1.58. The molecule has 0 aliphatic heterocycles. The minimum atomic E-state index is -0.488. The highest BCUT2D eigenvalue weighted by atomic mass is 16.6. The number of ether oxygens (including phenoxy) is 1. The van der Waals surface area contributed by atoms with Gasteiger partial charge in [0.15, 0.2) is 5.65 Å². The van der Waals surface area contributed by atoms with Gasteiger partial charge in [-0.25, -0.2) is 9.78 Å². The molecule has 1 aromatic carbocycles. The van der Waals surface area contributed by atoms with Crippen LogP contribution in [0.2, 0.25) is 0 Å². The second kappa shape index (κ2) is 11.3. The number of rotatable bonds is 9. The van der Waals surface area contributed by atoms with Crippen molar-refractivity contribution >= 4 is 34.8 Å². The summed E-state index contributed by atoms with van der Waals surface area (Å²) >= 11 is 0. The molecule has 0 spiro atoms. The molecule has 2 aromatic heterocycles. The maximum atomic E-state index is 13.0. The maximum absolute atomic E-state index is 13.0. The van der Waals surface area contributed by atoms with Crippen LogP contribution in [0.4, 0.5) is 10.5 Å². The third-order valence-corrected chi connectivity index (χ3v) is 4.71. The van der Waals surface area contributed by atoms with Gasteiger partial charge in [0.05, 0.1) is 24.8 Å². The van der Waals surface area contributed by atoms with Crippen molar-refractivity contribution in [1.82, 2.24) is 20.1 Å². The number of pyridine rings is 1. The summed E-state index contributed by atoms with van der Waals surface area (Å²) < 4.78 is 5.24. The van der Waals surface area contributed by atoms with E-state index in [4.69, 9.17) is 10.00 Å². The Morgan fingerprint density at radius 3 is 2.78 bits per heavy atom. The highest BCUT2D eigenvalue weighted by Gasteiger charge is 2.15. The van der Waals surface area contributed by atoms with Gasteiger partial charge in [-0.2, -0.15) is 10.4 Å².